The fourth-order valence-electron chi connectivity index (χ4n) is 4.92. The number of aromatic amines is 1. The number of ether oxygens (including phenoxy) is 2. The highest BCUT2D eigenvalue weighted by Gasteiger charge is 2.23. The molecule has 4 aromatic rings. The van der Waals surface area contributed by atoms with E-state index in [2.05, 4.69) is 31.4 Å². The summed E-state index contributed by atoms with van der Waals surface area (Å²) in [6.45, 7) is 3.73. The zero-order chi connectivity index (χ0) is 26.3. The summed E-state index contributed by atoms with van der Waals surface area (Å²) in [4.78, 5) is 33.3. The Bertz CT molecular complexity index is 1430. The van der Waals surface area contributed by atoms with Crippen molar-refractivity contribution < 1.29 is 18.7 Å². The average molecular weight is 521 g/mol. The SMILES string of the molecule is CCCCCOCCOCC(=O)N=C1CCC[C@H](n2ccc3cnc(-c4c[nH]c5ncc(F)cc45)nc32)C1. The zero-order valence-electron chi connectivity index (χ0n) is 21.7. The van der Waals surface area contributed by atoms with Crippen molar-refractivity contribution in [2.75, 3.05) is 26.4 Å². The molecule has 0 saturated heterocycles. The van der Waals surface area contributed by atoms with Crippen molar-refractivity contribution in [1.82, 2.24) is 24.5 Å². The van der Waals surface area contributed by atoms with Crippen molar-refractivity contribution in [3.05, 3.63) is 42.7 Å². The first-order chi connectivity index (χ1) is 18.6. The van der Waals surface area contributed by atoms with Gasteiger partial charge in [-0.3, -0.25) is 4.79 Å². The number of hydrogen-bond acceptors (Lipinski definition) is 6. The number of carbonyl (C=O) groups is 1. The summed E-state index contributed by atoms with van der Waals surface area (Å²) in [5.74, 6) is -0.163. The van der Waals surface area contributed by atoms with Crippen LogP contribution in [0.5, 0.6) is 0 Å². The Labute approximate surface area is 220 Å². The molecule has 1 atom stereocenters. The largest absolute Gasteiger partial charge is 0.379 e. The van der Waals surface area contributed by atoms with Gasteiger partial charge in [-0.15, -0.1) is 0 Å². The van der Waals surface area contributed by atoms with Crippen LogP contribution >= 0.6 is 0 Å². The normalized spacial score (nSPS) is 17.1. The molecule has 0 aliphatic heterocycles. The lowest BCUT2D eigenvalue weighted by atomic mass is 9.93. The van der Waals surface area contributed by atoms with Crippen molar-refractivity contribution in [3.8, 4) is 11.4 Å². The molecule has 1 saturated carbocycles. The summed E-state index contributed by atoms with van der Waals surface area (Å²) in [6, 6.07) is 3.56. The van der Waals surface area contributed by atoms with E-state index in [1.165, 1.54) is 12.3 Å². The third kappa shape index (κ3) is 6.14. The molecule has 38 heavy (non-hydrogen) atoms. The molecule has 5 rings (SSSR count). The third-order valence-electron chi connectivity index (χ3n) is 6.83. The van der Waals surface area contributed by atoms with Gasteiger partial charge in [0.15, 0.2) is 5.82 Å². The topological polar surface area (TPSA) is 107 Å². The Hall–Kier alpha value is -3.50. The van der Waals surface area contributed by atoms with E-state index in [0.717, 1.165) is 61.9 Å². The molecule has 10 heteroatoms. The lowest BCUT2D eigenvalue weighted by Crippen LogP contribution is -2.21. The van der Waals surface area contributed by atoms with E-state index in [1.807, 2.05) is 12.3 Å². The molecule has 0 radical (unpaired) electrons. The molecule has 0 spiro atoms. The van der Waals surface area contributed by atoms with Gasteiger partial charge in [-0.2, -0.15) is 0 Å². The Morgan fingerprint density at radius 3 is 3.00 bits per heavy atom. The molecule has 0 aromatic carbocycles. The number of nitrogens with one attached hydrogen (secondary N) is 1. The summed E-state index contributed by atoms with van der Waals surface area (Å²) >= 11 is 0. The second kappa shape index (κ2) is 12.4. The van der Waals surface area contributed by atoms with Gasteiger partial charge < -0.3 is 19.0 Å². The smallest absolute Gasteiger partial charge is 0.271 e. The average Bonchev–Trinajstić information content (AvgIpc) is 3.54. The number of aromatic nitrogens is 5. The lowest BCUT2D eigenvalue weighted by Gasteiger charge is -2.25. The number of halogens is 1. The van der Waals surface area contributed by atoms with Gasteiger partial charge in [0.25, 0.3) is 5.91 Å². The van der Waals surface area contributed by atoms with E-state index in [4.69, 9.17) is 14.5 Å². The lowest BCUT2D eigenvalue weighted by molar-refractivity contribution is -0.122. The molecule has 0 bridgehead atoms. The first kappa shape index (κ1) is 26.1. The number of fused-ring (bicyclic) bond motifs is 2. The maximum atomic E-state index is 13.8. The van der Waals surface area contributed by atoms with Crippen LogP contribution in [0.15, 0.2) is 41.9 Å². The van der Waals surface area contributed by atoms with Crippen LogP contribution in [0.2, 0.25) is 0 Å². The predicted octanol–water partition coefficient (Wildman–Crippen LogP) is 5.42. The summed E-state index contributed by atoms with van der Waals surface area (Å²) < 4.78 is 26.9. The van der Waals surface area contributed by atoms with E-state index < -0.39 is 5.82 Å². The zero-order valence-corrected chi connectivity index (χ0v) is 21.7. The Balaban J connectivity index is 1.24. The highest BCUT2D eigenvalue weighted by molar-refractivity contribution is 5.97. The minimum atomic E-state index is -0.410. The first-order valence-electron chi connectivity index (χ1n) is 13.3. The van der Waals surface area contributed by atoms with Crippen molar-refractivity contribution in [2.45, 2.75) is 57.9 Å². The number of amides is 1. The summed E-state index contributed by atoms with van der Waals surface area (Å²) in [6.07, 6.45) is 13.5. The molecule has 9 nitrogen and oxygen atoms in total. The van der Waals surface area contributed by atoms with Gasteiger partial charge in [-0.25, -0.2) is 24.3 Å². The fraction of sp³-hybridized carbons (Fsp3) is 0.464. The minimum absolute atomic E-state index is 0.0321. The van der Waals surface area contributed by atoms with E-state index in [0.29, 0.717) is 42.1 Å². The van der Waals surface area contributed by atoms with Crippen LogP contribution in [0.4, 0.5) is 4.39 Å². The van der Waals surface area contributed by atoms with Gasteiger partial charge in [0.1, 0.15) is 23.7 Å². The van der Waals surface area contributed by atoms with E-state index in [1.54, 1.807) is 12.4 Å². The number of carbonyl (C=O) groups excluding carboxylic acids is 1. The summed E-state index contributed by atoms with van der Waals surface area (Å²) in [7, 11) is 0. The maximum absolute atomic E-state index is 13.8. The van der Waals surface area contributed by atoms with Gasteiger partial charge in [0, 0.05) is 59.7 Å². The van der Waals surface area contributed by atoms with Crippen molar-refractivity contribution in [2.24, 2.45) is 4.99 Å². The van der Waals surface area contributed by atoms with Crippen LogP contribution in [-0.2, 0) is 14.3 Å². The third-order valence-corrected chi connectivity index (χ3v) is 6.83. The first-order valence-corrected chi connectivity index (χ1v) is 13.3. The Kier molecular flexibility index (Phi) is 8.50. The van der Waals surface area contributed by atoms with E-state index >= 15 is 0 Å². The van der Waals surface area contributed by atoms with E-state index in [-0.39, 0.29) is 18.6 Å². The van der Waals surface area contributed by atoms with Crippen LogP contribution in [0.25, 0.3) is 33.5 Å². The predicted molar refractivity (Wildman–Crippen MR) is 144 cm³/mol. The minimum Gasteiger partial charge on any atom is -0.379 e. The summed E-state index contributed by atoms with van der Waals surface area (Å²) in [5.41, 5.74) is 2.97. The molecule has 1 aliphatic rings. The van der Waals surface area contributed by atoms with Crippen LogP contribution in [0, 0.1) is 5.82 Å². The Morgan fingerprint density at radius 2 is 2.11 bits per heavy atom. The number of H-pyrrole nitrogens is 1. The monoisotopic (exact) mass is 520 g/mol. The number of aliphatic imine (C=N–C) groups is 1. The van der Waals surface area contributed by atoms with Gasteiger partial charge >= 0.3 is 0 Å². The van der Waals surface area contributed by atoms with Gasteiger partial charge in [-0.1, -0.05) is 19.8 Å². The molecule has 1 aliphatic carbocycles. The molecule has 1 N–H and O–H groups in total. The second-order valence-electron chi connectivity index (χ2n) is 9.64. The number of unbranched alkanes of at least 4 members (excludes halogenated alkanes) is 2. The molecule has 4 heterocycles. The summed E-state index contributed by atoms with van der Waals surface area (Å²) in [5, 5.41) is 1.56. The molecule has 1 amide bonds. The maximum Gasteiger partial charge on any atom is 0.271 e. The standard InChI is InChI=1S/C28H33FN6O3/c1-2-3-4-10-37-11-12-38-18-25(36)33-21-6-5-7-22(14-21)35-9-8-19-15-30-27(34-28(19)35)24-17-32-26-23(24)13-20(29)16-31-26/h8-9,13,15-17,22H,2-7,10-12,14,18H2,1H3,(H,31,32)/t22-/m0/s1. The van der Waals surface area contributed by atoms with Gasteiger partial charge in [0.05, 0.1) is 19.4 Å². The molecule has 4 aromatic heterocycles. The molecular weight excluding hydrogens is 487 g/mol. The van der Waals surface area contributed by atoms with Crippen LogP contribution < -0.4 is 0 Å². The number of pyridine rings is 1. The second-order valence-corrected chi connectivity index (χ2v) is 9.64. The van der Waals surface area contributed by atoms with Gasteiger partial charge in [0.2, 0.25) is 0 Å². The Morgan fingerprint density at radius 1 is 1.21 bits per heavy atom. The van der Waals surface area contributed by atoms with Crippen LogP contribution in [0.3, 0.4) is 0 Å². The quantitative estimate of drug-likeness (QED) is 0.265. The highest BCUT2D eigenvalue weighted by atomic mass is 19.1. The molecule has 1 fully saturated rings. The number of nitrogens with zero attached hydrogens (tertiary/aromatic N) is 5. The highest BCUT2D eigenvalue weighted by Crippen LogP contribution is 2.32. The fourth-order valence-corrected chi connectivity index (χ4v) is 4.92. The van der Waals surface area contributed by atoms with E-state index in [9.17, 15) is 9.18 Å². The molecule has 200 valence electrons. The number of rotatable bonds is 11. The van der Waals surface area contributed by atoms with Crippen LogP contribution in [-0.4, -0.2) is 62.5 Å². The van der Waals surface area contributed by atoms with Gasteiger partial charge in [-0.05, 0) is 37.8 Å². The van der Waals surface area contributed by atoms with Crippen LogP contribution in [0.1, 0.15) is 57.9 Å². The van der Waals surface area contributed by atoms with Crippen molar-refractivity contribution in [3.63, 3.8) is 0 Å². The molecule has 0 unspecified atom stereocenters. The number of hydrogen-bond donors (Lipinski definition) is 1. The molecular formula is C28H33FN6O3. The van der Waals surface area contributed by atoms with Crippen molar-refractivity contribution >= 4 is 33.7 Å². The van der Waals surface area contributed by atoms with Crippen molar-refractivity contribution in [1.29, 1.82) is 0 Å².